The summed E-state index contributed by atoms with van der Waals surface area (Å²) < 4.78 is 0. The molecular formula is C13H24N2O3. The number of nitrogens with one attached hydrogen (secondary N) is 1. The van der Waals surface area contributed by atoms with Crippen LogP contribution in [0.4, 0.5) is 0 Å². The van der Waals surface area contributed by atoms with Gasteiger partial charge >= 0.3 is 5.97 Å². The van der Waals surface area contributed by atoms with E-state index in [0.29, 0.717) is 13.0 Å². The van der Waals surface area contributed by atoms with Crippen LogP contribution in [0.25, 0.3) is 0 Å². The van der Waals surface area contributed by atoms with Gasteiger partial charge < -0.3 is 16.2 Å². The van der Waals surface area contributed by atoms with Crippen molar-refractivity contribution >= 4 is 11.9 Å². The van der Waals surface area contributed by atoms with E-state index in [2.05, 4.69) is 5.32 Å². The van der Waals surface area contributed by atoms with Crippen molar-refractivity contribution in [1.29, 1.82) is 0 Å². The van der Waals surface area contributed by atoms with Crippen LogP contribution in [0, 0.1) is 11.3 Å². The van der Waals surface area contributed by atoms with Crippen LogP contribution in [0.1, 0.15) is 46.0 Å². The Balaban J connectivity index is 2.48. The van der Waals surface area contributed by atoms with Gasteiger partial charge in [0.1, 0.15) is 0 Å². The maximum Gasteiger partial charge on any atom is 0.305 e. The Morgan fingerprint density at radius 2 is 2.00 bits per heavy atom. The molecule has 0 aliphatic heterocycles. The highest BCUT2D eigenvalue weighted by atomic mass is 16.4. The predicted molar refractivity (Wildman–Crippen MR) is 69.0 cm³/mol. The molecule has 104 valence electrons. The Morgan fingerprint density at radius 1 is 1.39 bits per heavy atom. The maximum atomic E-state index is 11.9. The Kier molecular flexibility index (Phi) is 5.14. The molecule has 1 amide bonds. The molecular weight excluding hydrogens is 232 g/mol. The first-order valence-electron chi connectivity index (χ1n) is 6.60. The zero-order valence-corrected chi connectivity index (χ0v) is 11.2. The van der Waals surface area contributed by atoms with Gasteiger partial charge in [-0.2, -0.15) is 0 Å². The molecule has 0 aromatic rings. The smallest absolute Gasteiger partial charge is 0.305 e. The standard InChI is InChI=1S/C13H24N2O3/c1-9(2)10(6-12(17)18)15-11(16)7-13(8-14)4-3-5-13/h9-10H,3-8,14H2,1-2H3,(H,15,16)(H,17,18). The molecule has 1 rings (SSSR count). The fourth-order valence-corrected chi connectivity index (χ4v) is 2.37. The van der Waals surface area contributed by atoms with Gasteiger partial charge in [-0.1, -0.05) is 20.3 Å². The highest BCUT2D eigenvalue weighted by molar-refractivity contribution is 5.78. The van der Waals surface area contributed by atoms with Gasteiger partial charge in [-0.05, 0) is 30.7 Å². The van der Waals surface area contributed by atoms with Crippen molar-refractivity contribution in [2.24, 2.45) is 17.1 Å². The van der Waals surface area contributed by atoms with Gasteiger partial charge in [-0.15, -0.1) is 0 Å². The second kappa shape index (κ2) is 6.18. The quantitative estimate of drug-likeness (QED) is 0.636. The first kappa shape index (κ1) is 15.0. The van der Waals surface area contributed by atoms with E-state index in [9.17, 15) is 9.59 Å². The molecule has 0 aromatic heterocycles. The van der Waals surface area contributed by atoms with Crippen molar-refractivity contribution in [2.75, 3.05) is 6.54 Å². The molecule has 4 N–H and O–H groups in total. The fourth-order valence-electron chi connectivity index (χ4n) is 2.37. The zero-order valence-electron chi connectivity index (χ0n) is 11.2. The van der Waals surface area contributed by atoms with Gasteiger partial charge in [0.2, 0.25) is 5.91 Å². The Bertz CT molecular complexity index is 306. The van der Waals surface area contributed by atoms with E-state index in [4.69, 9.17) is 10.8 Å². The summed E-state index contributed by atoms with van der Waals surface area (Å²) in [6.45, 7) is 4.36. The van der Waals surface area contributed by atoms with Gasteiger partial charge in [0.05, 0.1) is 6.42 Å². The number of amides is 1. The van der Waals surface area contributed by atoms with E-state index in [1.807, 2.05) is 13.8 Å². The molecule has 18 heavy (non-hydrogen) atoms. The van der Waals surface area contributed by atoms with Crippen molar-refractivity contribution in [2.45, 2.75) is 52.0 Å². The van der Waals surface area contributed by atoms with Crippen LogP contribution in [0.15, 0.2) is 0 Å². The van der Waals surface area contributed by atoms with Gasteiger partial charge in [0.25, 0.3) is 0 Å². The van der Waals surface area contributed by atoms with Crippen molar-refractivity contribution in [3.05, 3.63) is 0 Å². The average molecular weight is 256 g/mol. The Labute approximate surface area is 108 Å². The second-order valence-corrected chi connectivity index (χ2v) is 5.75. The minimum Gasteiger partial charge on any atom is -0.481 e. The largest absolute Gasteiger partial charge is 0.481 e. The molecule has 0 radical (unpaired) electrons. The third-order valence-electron chi connectivity index (χ3n) is 3.93. The lowest BCUT2D eigenvalue weighted by molar-refractivity contribution is -0.138. The molecule has 0 heterocycles. The van der Waals surface area contributed by atoms with Crippen molar-refractivity contribution in [3.8, 4) is 0 Å². The molecule has 1 atom stereocenters. The summed E-state index contributed by atoms with van der Waals surface area (Å²) in [5, 5.41) is 11.6. The van der Waals surface area contributed by atoms with Gasteiger partial charge in [-0.3, -0.25) is 9.59 Å². The van der Waals surface area contributed by atoms with Crippen molar-refractivity contribution < 1.29 is 14.7 Å². The molecule has 0 spiro atoms. The zero-order chi connectivity index (χ0) is 13.8. The summed E-state index contributed by atoms with van der Waals surface area (Å²) in [5.41, 5.74) is 5.68. The number of carboxylic acids is 1. The number of hydrogen-bond acceptors (Lipinski definition) is 3. The number of rotatable bonds is 7. The van der Waals surface area contributed by atoms with Gasteiger partial charge in [0, 0.05) is 12.5 Å². The van der Waals surface area contributed by atoms with Crippen LogP contribution in [-0.2, 0) is 9.59 Å². The van der Waals surface area contributed by atoms with Crippen LogP contribution in [0.3, 0.4) is 0 Å². The summed E-state index contributed by atoms with van der Waals surface area (Å²) in [6.07, 6.45) is 3.53. The van der Waals surface area contributed by atoms with E-state index in [-0.39, 0.29) is 29.7 Å². The summed E-state index contributed by atoms with van der Waals surface area (Å²) in [5.74, 6) is -0.841. The molecule has 0 aromatic carbocycles. The van der Waals surface area contributed by atoms with Crippen molar-refractivity contribution in [3.63, 3.8) is 0 Å². The third kappa shape index (κ3) is 3.98. The summed E-state index contributed by atoms with van der Waals surface area (Å²) in [7, 11) is 0. The van der Waals surface area contributed by atoms with E-state index in [1.165, 1.54) is 0 Å². The molecule has 0 saturated heterocycles. The minimum absolute atomic E-state index is 0.0287. The third-order valence-corrected chi connectivity index (χ3v) is 3.93. The SMILES string of the molecule is CC(C)C(CC(=O)O)NC(=O)CC1(CN)CCC1. The van der Waals surface area contributed by atoms with E-state index in [1.54, 1.807) is 0 Å². The minimum atomic E-state index is -0.883. The molecule has 0 bridgehead atoms. The number of hydrogen-bond donors (Lipinski definition) is 3. The van der Waals surface area contributed by atoms with Gasteiger partial charge in [-0.25, -0.2) is 0 Å². The number of carbonyl (C=O) groups excluding carboxylic acids is 1. The molecule has 1 saturated carbocycles. The normalized spacial score (nSPS) is 19.1. The monoisotopic (exact) mass is 256 g/mol. The topological polar surface area (TPSA) is 92.4 Å². The Morgan fingerprint density at radius 3 is 2.33 bits per heavy atom. The lowest BCUT2D eigenvalue weighted by Crippen LogP contribution is -2.46. The Hall–Kier alpha value is -1.10. The molecule has 5 heteroatoms. The number of carbonyl (C=O) groups is 2. The van der Waals surface area contributed by atoms with E-state index in [0.717, 1.165) is 19.3 Å². The molecule has 1 aliphatic rings. The lowest BCUT2D eigenvalue weighted by atomic mass is 9.66. The number of carboxylic acid groups (broad SMARTS) is 1. The van der Waals surface area contributed by atoms with Crippen LogP contribution < -0.4 is 11.1 Å². The number of aliphatic carboxylic acids is 1. The highest BCUT2D eigenvalue weighted by Crippen LogP contribution is 2.42. The predicted octanol–water partition coefficient (Wildman–Crippen LogP) is 1.12. The summed E-state index contributed by atoms with van der Waals surface area (Å²) in [6, 6.07) is -0.301. The van der Waals surface area contributed by atoms with Crippen molar-refractivity contribution in [1.82, 2.24) is 5.32 Å². The first-order valence-corrected chi connectivity index (χ1v) is 6.60. The molecule has 5 nitrogen and oxygen atoms in total. The van der Waals surface area contributed by atoms with E-state index < -0.39 is 5.97 Å². The van der Waals surface area contributed by atoms with Crippen LogP contribution in [0.5, 0.6) is 0 Å². The lowest BCUT2D eigenvalue weighted by Gasteiger charge is -2.40. The van der Waals surface area contributed by atoms with E-state index >= 15 is 0 Å². The fraction of sp³-hybridized carbons (Fsp3) is 0.846. The molecule has 1 aliphatic carbocycles. The molecule has 1 fully saturated rings. The number of nitrogens with two attached hydrogens (primary N) is 1. The summed E-state index contributed by atoms with van der Waals surface area (Å²) >= 11 is 0. The average Bonchev–Trinajstić information content (AvgIpc) is 2.21. The molecule has 1 unspecified atom stereocenters. The van der Waals surface area contributed by atoms with Gasteiger partial charge in [0.15, 0.2) is 0 Å². The van der Waals surface area contributed by atoms with Crippen LogP contribution in [-0.4, -0.2) is 29.6 Å². The maximum absolute atomic E-state index is 11.9. The van der Waals surface area contributed by atoms with Crippen LogP contribution >= 0.6 is 0 Å². The summed E-state index contributed by atoms with van der Waals surface area (Å²) in [4.78, 5) is 22.7. The second-order valence-electron chi connectivity index (χ2n) is 5.75. The highest BCUT2D eigenvalue weighted by Gasteiger charge is 2.38. The van der Waals surface area contributed by atoms with Crippen LogP contribution in [0.2, 0.25) is 0 Å². The first-order chi connectivity index (χ1) is 8.38.